The van der Waals surface area contributed by atoms with Crippen LogP contribution in [-0.4, -0.2) is 39.2 Å². The number of halogens is 7. The van der Waals surface area contributed by atoms with Gasteiger partial charge in [-0.1, -0.05) is 35.3 Å². The van der Waals surface area contributed by atoms with Gasteiger partial charge in [-0.2, -0.15) is 0 Å². The average molecular weight is 652 g/mol. The maximum Gasteiger partial charge on any atom is 0.255 e. The monoisotopic (exact) mass is 651 g/mol. The molecule has 5 rings (SSSR count). The summed E-state index contributed by atoms with van der Waals surface area (Å²) in [6, 6.07) is 16.8. The van der Waals surface area contributed by atoms with Crippen molar-refractivity contribution in [3.8, 4) is 11.5 Å². The van der Waals surface area contributed by atoms with Crippen molar-refractivity contribution >= 4 is 46.2 Å². The molecular weight excluding hydrogens is 628 g/mol. The van der Waals surface area contributed by atoms with Gasteiger partial charge in [-0.25, -0.2) is 22.0 Å². The molecule has 230 valence electrons. The molecular formula is C31H24Cl2F5N3O3. The zero-order valence-corrected chi connectivity index (χ0v) is 24.6. The van der Waals surface area contributed by atoms with Crippen LogP contribution in [0.2, 0.25) is 10.0 Å². The summed E-state index contributed by atoms with van der Waals surface area (Å²) in [5, 5.41) is 3.68. The Morgan fingerprint density at radius 1 is 0.773 bits per heavy atom. The number of benzene rings is 4. The molecule has 1 fully saturated rings. The summed E-state index contributed by atoms with van der Waals surface area (Å²) in [6.45, 7) is 0.618. The molecule has 6 nitrogen and oxygen atoms in total. The lowest BCUT2D eigenvalue weighted by atomic mass is 10.1. The molecule has 0 saturated carbocycles. The first-order valence-corrected chi connectivity index (χ1v) is 14.0. The second-order valence-electron chi connectivity index (χ2n) is 9.79. The lowest BCUT2D eigenvalue weighted by Gasteiger charge is -2.38. The van der Waals surface area contributed by atoms with Crippen LogP contribution < -0.4 is 24.6 Å². The van der Waals surface area contributed by atoms with E-state index in [9.17, 15) is 26.7 Å². The first-order chi connectivity index (χ1) is 21.1. The normalized spacial score (nSPS) is 13.2. The van der Waals surface area contributed by atoms with Crippen molar-refractivity contribution in [2.75, 3.05) is 48.4 Å². The van der Waals surface area contributed by atoms with E-state index >= 15 is 0 Å². The van der Waals surface area contributed by atoms with Crippen LogP contribution in [0, 0.1) is 29.1 Å². The van der Waals surface area contributed by atoms with Gasteiger partial charge in [-0.05, 0) is 54.1 Å². The fraction of sp³-hybridized carbons (Fsp3) is 0.194. The van der Waals surface area contributed by atoms with Gasteiger partial charge in [-0.15, -0.1) is 0 Å². The second-order valence-corrected chi connectivity index (χ2v) is 10.6. The number of nitrogens with zero attached hydrogens (tertiary/aromatic N) is 2. The van der Waals surface area contributed by atoms with Gasteiger partial charge in [0.05, 0.1) is 17.8 Å². The first kappa shape index (κ1) is 31.2. The van der Waals surface area contributed by atoms with Gasteiger partial charge >= 0.3 is 0 Å². The van der Waals surface area contributed by atoms with E-state index in [0.29, 0.717) is 33.5 Å². The third kappa shape index (κ3) is 6.48. The van der Waals surface area contributed by atoms with E-state index in [1.165, 1.54) is 7.11 Å². The number of piperazine rings is 1. The summed E-state index contributed by atoms with van der Waals surface area (Å²) < 4.78 is 80.6. The topological polar surface area (TPSA) is 54.0 Å². The van der Waals surface area contributed by atoms with Crippen molar-refractivity contribution in [1.82, 2.24) is 0 Å². The Kier molecular flexibility index (Phi) is 9.36. The van der Waals surface area contributed by atoms with E-state index in [0.717, 1.165) is 10.5 Å². The summed E-state index contributed by atoms with van der Waals surface area (Å²) in [5.74, 6) is -9.52. The molecule has 44 heavy (non-hydrogen) atoms. The minimum Gasteiger partial charge on any atom is -0.493 e. The lowest BCUT2D eigenvalue weighted by molar-refractivity contribution is 0.102. The van der Waals surface area contributed by atoms with Crippen molar-refractivity contribution in [3.05, 3.63) is 111 Å². The third-order valence-electron chi connectivity index (χ3n) is 7.06. The van der Waals surface area contributed by atoms with Gasteiger partial charge in [-0.3, -0.25) is 4.79 Å². The van der Waals surface area contributed by atoms with Crippen LogP contribution in [0.1, 0.15) is 15.9 Å². The van der Waals surface area contributed by atoms with Gasteiger partial charge in [0.1, 0.15) is 12.3 Å². The fourth-order valence-electron chi connectivity index (χ4n) is 4.76. The standard InChI is InChI=1S/C31H24Cl2F5N3O3/c1-43-24-14-18(4-9-23(24)44-16-17-2-5-19(32)6-3-17)31(42)39-20-7-8-22(21(33)15-20)40-10-12-41(13-11-40)30-28(37)26(35)25(34)27(36)29(30)38/h2-9,14-15H,10-13,16H2,1H3,(H,39,42). The predicted molar refractivity (Wildman–Crippen MR) is 159 cm³/mol. The molecule has 0 atom stereocenters. The number of rotatable bonds is 8. The second kappa shape index (κ2) is 13.2. The van der Waals surface area contributed by atoms with E-state index in [1.807, 2.05) is 17.0 Å². The van der Waals surface area contributed by atoms with E-state index in [1.54, 1.807) is 48.5 Å². The maximum absolute atomic E-state index is 14.3. The van der Waals surface area contributed by atoms with Crippen LogP contribution in [-0.2, 0) is 6.61 Å². The largest absolute Gasteiger partial charge is 0.493 e. The highest BCUT2D eigenvalue weighted by atomic mass is 35.5. The molecule has 1 N–H and O–H groups in total. The molecule has 13 heteroatoms. The molecule has 4 aromatic carbocycles. The van der Waals surface area contributed by atoms with Crippen molar-refractivity contribution in [2.45, 2.75) is 6.61 Å². The average Bonchev–Trinajstić information content (AvgIpc) is 3.03. The number of hydrogen-bond donors (Lipinski definition) is 1. The highest BCUT2D eigenvalue weighted by Crippen LogP contribution is 2.34. The highest BCUT2D eigenvalue weighted by Gasteiger charge is 2.31. The molecule has 0 radical (unpaired) electrons. The van der Waals surface area contributed by atoms with E-state index in [4.69, 9.17) is 32.7 Å². The number of carbonyl (C=O) groups is 1. The molecule has 0 unspecified atom stereocenters. The molecule has 1 heterocycles. The summed E-state index contributed by atoms with van der Waals surface area (Å²) in [5.41, 5.74) is 1.24. The molecule has 4 aromatic rings. The predicted octanol–water partition coefficient (Wildman–Crippen LogP) is 7.86. The molecule has 0 aromatic heterocycles. The van der Waals surface area contributed by atoms with Crippen LogP contribution in [0.5, 0.6) is 11.5 Å². The molecule has 1 aliphatic rings. The Morgan fingerprint density at radius 3 is 2.00 bits per heavy atom. The van der Waals surface area contributed by atoms with Gasteiger partial charge in [0, 0.05) is 42.5 Å². The summed E-state index contributed by atoms with van der Waals surface area (Å²) in [4.78, 5) is 15.9. The number of anilines is 3. The quantitative estimate of drug-likeness (QED) is 0.119. The van der Waals surface area contributed by atoms with Crippen LogP contribution in [0.4, 0.5) is 39.0 Å². The van der Waals surface area contributed by atoms with Crippen LogP contribution in [0.25, 0.3) is 0 Å². The Morgan fingerprint density at radius 2 is 1.39 bits per heavy atom. The number of ether oxygens (including phenoxy) is 2. The van der Waals surface area contributed by atoms with Crippen molar-refractivity contribution in [2.24, 2.45) is 0 Å². The Bertz CT molecular complexity index is 1670. The molecule has 0 aliphatic carbocycles. The minimum atomic E-state index is -2.20. The highest BCUT2D eigenvalue weighted by molar-refractivity contribution is 6.33. The van der Waals surface area contributed by atoms with Crippen LogP contribution in [0.3, 0.4) is 0 Å². The van der Waals surface area contributed by atoms with E-state index in [-0.39, 0.29) is 37.8 Å². The van der Waals surface area contributed by atoms with Gasteiger partial charge in [0.2, 0.25) is 5.82 Å². The zero-order chi connectivity index (χ0) is 31.5. The molecule has 1 aliphatic heterocycles. The third-order valence-corrected chi connectivity index (χ3v) is 7.62. The maximum atomic E-state index is 14.3. The smallest absolute Gasteiger partial charge is 0.255 e. The number of hydrogen-bond acceptors (Lipinski definition) is 5. The minimum absolute atomic E-state index is 0.0194. The van der Waals surface area contributed by atoms with E-state index < -0.39 is 40.7 Å². The van der Waals surface area contributed by atoms with Crippen LogP contribution in [0.15, 0.2) is 60.7 Å². The molecule has 0 spiro atoms. The Labute approximate surface area is 259 Å². The zero-order valence-electron chi connectivity index (χ0n) is 23.1. The van der Waals surface area contributed by atoms with Crippen molar-refractivity contribution in [1.29, 1.82) is 0 Å². The summed E-state index contributed by atoms with van der Waals surface area (Å²) in [7, 11) is 1.47. The first-order valence-electron chi connectivity index (χ1n) is 13.2. The van der Waals surface area contributed by atoms with Gasteiger partial charge < -0.3 is 24.6 Å². The van der Waals surface area contributed by atoms with Gasteiger partial charge in [0.25, 0.3) is 5.91 Å². The number of carbonyl (C=O) groups excluding carboxylic acids is 1. The number of amides is 1. The van der Waals surface area contributed by atoms with Crippen molar-refractivity contribution in [3.63, 3.8) is 0 Å². The number of nitrogens with one attached hydrogen (secondary N) is 1. The van der Waals surface area contributed by atoms with Gasteiger partial charge in [0.15, 0.2) is 34.8 Å². The Hall–Kier alpha value is -4.22. The molecule has 1 amide bonds. The molecule has 0 bridgehead atoms. The lowest BCUT2D eigenvalue weighted by Crippen LogP contribution is -2.47. The summed E-state index contributed by atoms with van der Waals surface area (Å²) >= 11 is 12.4. The van der Waals surface area contributed by atoms with Crippen molar-refractivity contribution < 1.29 is 36.2 Å². The van der Waals surface area contributed by atoms with Crippen LogP contribution >= 0.6 is 23.2 Å². The number of methoxy groups -OCH3 is 1. The summed E-state index contributed by atoms with van der Waals surface area (Å²) in [6.07, 6.45) is 0. The Balaban J connectivity index is 1.22. The molecule has 1 saturated heterocycles. The fourth-order valence-corrected chi connectivity index (χ4v) is 5.18. The SMILES string of the molecule is COc1cc(C(=O)Nc2ccc(N3CCN(c4c(F)c(F)c(F)c(F)c4F)CC3)c(Cl)c2)ccc1OCc1ccc(Cl)cc1. The van der Waals surface area contributed by atoms with E-state index in [2.05, 4.69) is 5.32 Å².